The third kappa shape index (κ3) is 5.79. The topological polar surface area (TPSA) is 52.7 Å². The van der Waals surface area contributed by atoms with Crippen molar-refractivity contribution in [1.82, 2.24) is 15.1 Å². The Morgan fingerprint density at radius 3 is 2.30 bits per heavy atom. The first-order valence-electron chi connectivity index (χ1n) is 10.2. The van der Waals surface area contributed by atoms with Gasteiger partial charge < -0.3 is 15.1 Å². The molecular formula is C21H30BrN3O2. The summed E-state index contributed by atoms with van der Waals surface area (Å²) in [5, 5.41) is 3.28. The van der Waals surface area contributed by atoms with Crippen LogP contribution in [0.1, 0.15) is 55.3 Å². The molecule has 1 N–H and O–H groups in total. The lowest BCUT2D eigenvalue weighted by Gasteiger charge is -2.33. The van der Waals surface area contributed by atoms with Crippen molar-refractivity contribution in [1.29, 1.82) is 0 Å². The molecule has 1 saturated carbocycles. The van der Waals surface area contributed by atoms with Crippen LogP contribution in [0, 0.1) is 0 Å². The molecule has 0 spiro atoms. The van der Waals surface area contributed by atoms with E-state index in [0.717, 1.165) is 43.5 Å². The van der Waals surface area contributed by atoms with Crippen molar-refractivity contribution in [3.8, 4) is 0 Å². The van der Waals surface area contributed by atoms with Gasteiger partial charge in [-0.15, -0.1) is 0 Å². The largest absolute Gasteiger partial charge is 0.340 e. The maximum absolute atomic E-state index is 13.2. The van der Waals surface area contributed by atoms with Crippen molar-refractivity contribution < 1.29 is 9.59 Å². The molecule has 0 unspecified atom stereocenters. The van der Waals surface area contributed by atoms with Crippen LogP contribution in [-0.4, -0.2) is 60.4 Å². The van der Waals surface area contributed by atoms with E-state index in [9.17, 15) is 9.59 Å². The molecule has 6 heteroatoms. The summed E-state index contributed by atoms with van der Waals surface area (Å²) in [6.45, 7) is 3.76. The fraction of sp³-hybridized carbons (Fsp3) is 0.619. The number of hydrogen-bond acceptors (Lipinski definition) is 3. The van der Waals surface area contributed by atoms with E-state index in [2.05, 4.69) is 21.2 Å². The van der Waals surface area contributed by atoms with E-state index < -0.39 is 0 Å². The fourth-order valence-electron chi connectivity index (χ4n) is 4.07. The Balaban J connectivity index is 1.69. The van der Waals surface area contributed by atoms with Gasteiger partial charge in [-0.3, -0.25) is 9.59 Å². The first kappa shape index (κ1) is 20.3. The zero-order chi connectivity index (χ0) is 19.1. The molecule has 148 valence electrons. The Kier molecular flexibility index (Phi) is 7.70. The van der Waals surface area contributed by atoms with Crippen molar-refractivity contribution in [2.24, 2.45) is 0 Å². The minimum atomic E-state index is 0.0579. The summed E-state index contributed by atoms with van der Waals surface area (Å²) < 4.78 is 0.967. The van der Waals surface area contributed by atoms with Gasteiger partial charge in [-0.2, -0.15) is 0 Å². The van der Waals surface area contributed by atoms with E-state index in [4.69, 9.17) is 0 Å². The zero-order valence-electron chi connectivity index (χ0n) is 16.0. The van der Waals surface area contributed by atoms with E-state index in [0.29, 0.717) is 18.5 Å². The van der Waals surface area contributed by atoms with Crippen LogP contribution >= 0.6 is 15.9 Å². The molecular weight excluding hydrogens is 406 g/mol. The number of halogens is 1. The standard InChI is InChI=1S/C21H30BrN3O2/c22-18-9-7-17(8-10-18)21(27)25(19-5-3-1-2-4-6-19)14-11-20(26)24-15-12-23-13-16-24/h7-10,19,23H,1-6,11-16H2. The molecule has 1 aromatic carbocycles. The number of rotatable bonds is 5. The molecule has 3 rings (SSSR count). The van der Waals surface area contributed by atoms with Crippen LogP contribution in [0.5, 0.6) is 0 Å². The second kappa shape index (κ2) is 10.2. The predicted molar refractivity (Wildman–Crippen MR) is 111 cm³/mol. The monoisotopic (exact) mass is 435 g/mol. The molecule has 5 nitrogen and oxygen atoms in total. The van der Waals surface area contributed by atoms with E-state index in [-0.39, 0.29) is 17.9 Å². The molecule has 1 aliphatic heterocycles. The van der Waals surface area contributed by atoms with Gasteiger partial charge in [0.1, 0.15) is 0 Å². The average molecular weight is 436 g/mol. The highest BCUT2D eigenvalue weighted by Gasteiger charge is 2.27. The zero-order valence-corrected chi connectivity index (χ0v) is 17.5. The minimum absolute atomic E-state index is 0.0579. The summed E-state index contributed by atoms with van der Waals surface area (Å²) in [6.07, 6.45) is 7.33. The fourth-order valence-corrected chi connectivity index (χ4v) is 4.33. The SMILES string of the molecule is O=C(CCN(C(=O)c1ccc(Br)cc1)C1CCCCCC1)N1CCNCC1. The van der Waals surface area contributed by atoms with Gasteiger partial charge in [0, 0.05) is 55.2 Å². The Bertz CT molecular complexity index is 621. The summed E-state index contributed by atoms with van der Waals surface area (Å²) in [6, 6.07) is 7.80. The van der Waals surface area contributed by atoms with E-state index in [1.807, 2.05) is 34.1 Å². The average Bonchev–Trinajstić information content (AvgIpc) is 2.98. The number of amides is 2. The molecule has 2 fully saturated rings. The molecule has 2 aliphatic rings. The minimum Gasteiger partial charge on any atom is -0.340 e. The van der Waals surface area contributed by atoms with Gasteiger partial charge in [0.05, 0.1) is 0 Å². The number of nitrogens with one attached hydrogen (secondary N) is 1. The number of benzene rings is 1. The van der Waals surface area contributed by atoms with Crippen LogP contribution in [0.4, 0.5) is 0 Å². The lowest BCUT2D eigenvalue weighted by atomic mass is 10.0. The quantitative estimate of drug-likeness (QED) is 0.720. The van der Waals surface area contributed by atoms with Crippen LogP contribution in [0.2, 0.25) is 0 Å². The molecule has 2 amide bonds. The molecule has 27 heavy (non-hydrogen) atoms. The van der Waals surface area contributed by atoms with E-state index in [1.54, 1.807) is 0 Å². The summed E-state index contributed by atoms with van der Waals surface area (Å²) in [5.41, 5.74) is 0.706. The van der Waals surface area contributed by atoms with Crippen molar-refractivity contribution in [2.75, 3.05) is 32.7 Å². The summed E-state index contributed by atoms with van der Waals surface area (Å²) >= 11 is 3.43. The van der Waals surface area contributed by atoms with Crippen molar-refractivity contribution in [3.63, 3.8) is 0 Å². The van der Waals surface area contributed by atoms with Crippen LogP contribution < -0.4 is 5.32 Å². The third-order valence-electron chi connectivity index (χ3n) is 5.65. The highest BCUT2D eigenvalue weighted by molar-refractivity contribution is 9.10. The van der Waals surface area contributed by atoms with Crippen LogP contribution in [0.15, 0.2) is 28.7 Å². The van der Waals surface area contributed by atoms with Crippen LogP contribution in [0.3, 0.4) is 0 Å². The van der Waals surface area contributed by atoms with Crippen molar-refractivity contribution in [3.05, 3.63) is 34.3 Å². The second-order valence-corrected chi connectivity index (χ2v) is 8.45. The molecule has 0 atom stereocenters. The molecule has 0 aromatic heterocycles. The highest BCUT2D eigenvalue weighted by atomic mass is 79.9. The normalized spacial score (nSPS) is 18.8. The Morgan fingerprint density at radius 1 is 1.04 bits per heavy atom. The number of hydrogen-bond donors (Lipinski definition) is 1. The number of carbonyl (C=O) groups excluding carboxylic acids is 2. The maximum Gasteiger partial charge on any atom is 0.254 e. The van der Waals surface area contributed by atoms with Gasteiger partial charge in [-0.1, -0.05) is 41.6 Å². The molecule has 1 saturated heterocycles. The van der Waals surface area contributed by atoms with Gasteiger partial charge in [-0.25, -0.2) is 0 Å². The molecule has 0 radical (unpaired) electrons. The second-order valence-electron chi connectivity index (χ2n) is 7.53. The first-order valence-corrected chi connectivity index (χ1v) is 11.0. The highest BCUT2D eigenvalue weighted by Crippen LogP contribution is 2.24. The van der Waals surface area contributed by atoms with E-state index in [1.165, 1.54) is 25.7 Å². The summed E-state index contributed by atoms with van der Waals surface area (Å²) in [4.78, 5) is 29.7. The number of piperazine rings is 1. The Hall–Kier alpha value is -1.40. The van der Waals surface area contributed by atoms with Gasteiger partial charge in [0.15, 0.2) is 0 Å². The first-order chi connectivity index (χ1) is 13.1. The lowest BCUT2D eigenvalue weighted by molar-refractivity contribution is -0.132. The number of nitrogens with zero attached hydrogens (tertiary/aromatic N) is 2. The summed E-state index contributed by atoms with van der Waals surface area (Å²) in [5.74, 6) is 0.223. The molecule has 1 heterocycles. The predicted octanol–water partition coefficient (Wildman–Crippen LogP) is 3.44. The van der Waals surface area contributed by atoms with E-state index >= 15 is 0 Å². The van der Waals surface area contributed by atoms with Crippen LogP contribution in [-0.2, 0) is 4.79 Å². The maximum atomic E-state index is 13.2. The molecule has 1 aliphatic carbocycles. The van der Waals surface area contributed by atoms with Gasteiger partial charge in [0.2, 0.25) is 5.91 Å². The molecule has 1 aromatic rings. The smallest absolute Gasteiger partial charge is 0.254 e. The van der Waals surface area contributed by atoms with Gasteiger partial charge in [-0.05, 0) is 37.1 Å². The Labute approximate surface area is 170 Å². The van der Waals surface area contributed by atoms with Gasteiger partial charge >= 0.3 is 0 Å². The number of carbonyl (C=O) groups is 2. The third-order valence-corrected chi connectivity index (χ3v) is 6.18. The van der Waals surface area contributed by atoms with Crippen LogP contribution in [0.25, 0.3) is 0 Å². The lowest BCUT2D eigenvalue weighted by Crippen LogP contribution is -2.48. The van der Waals surface area contributed by atoms with Gasteiger partial charge in [0.25, 0.3) is 5.91 Å². The molecule has 0 bridgehead atoms. The Morgan fingerprint density at radius 2 is 1.67 bits per heavy atom. The van der Waals surface area contributed by atoms with Crippen molar-refractivity contribution >= 4 is 27.7 Å². The summed E-state index contributed by atoms with van der Waals surface area (Å²) in [7, 11) is 0. The van der Waals surface area contributed by atoms with Crippen molar-refractivity contribution in [2.45, 2.75) is 51.0 Å².